The van der Waals surface area contributed by atoms with E-state index in [1.165, 1.54) is 59.0 Å². The van der Waals surface area contributed by atoms with E-state index < -0.39 is 28.0 Å². The van der Waals surface area contributed by atoms with Gasteiger partial charge in [0, 0.05) is 23.5 Å². The Hall–Kier alpha value is -3.90. The molecule has 12 heteroatoms. The van der Waals surface area contributed by atoms with Crippen molar-refractivity contribution in [2.24, 2.45) is 0 Å². The second-order valence-electron chi connectivity index (χ2n) is 9.13. The van der Waals surface area contributed by atoms with Gasteiger partial charge in [-0.1, -0.05) is 18.2 Å². The van der Waals surface area contributed by atoms with Crippen LogP contribution >= 0.6 is 11.3 Å². The summed E-state index contributed by atoms with van der Waals surface area (Å²) in [5.74, 6) is -1.09. The largest absolute Gasteiger partial charge is 0.465 e. The van der Waals surface area contributed by atoms with Crippen molar-refractivity contribution in [1.29, 1.82) is 0 Å². The van der Waals surface area contributed by atoms with Crippen molar-refractivity contribution in [1.82, 2.24) is 4.90 Å². The molecule has 0 fully saturated rings. The number of nitrogens with zero attached hydrogens (tertiary/aromatic N) is 2. The second kappa shape index (κ2) is 10.7. The van der Waals surface area contributed by atoms with Crippen LogP contribution in [-0.4, -0.2) is 58.6 Å². The lowest BCUT2D eigenvalue weighted by molar-refractivity contribution is 0.0600. The summed E-state index contributed by atoms with van der Waals surface area (Å²) in [6.07, 6.45) is 1.48. The predicted molar refractivity (Wildman–Crippen MR) is 146 cm³/mol. The molecular formula is C27H27N3O7S2. The van der Waals surface area contributed by atoms with E-state index in [9.17, 15) is 22.8 Å². The highest BCUT2D eigenvalue weighted by Crippen LogP contribution is 2.38. The highest BCUT2D eigenvalue weighted by molar-refractivity contribution is 7.92. The first kappa shape index (κ1) is 26.7. The Morgan fingerprint density at radius 2 is 1.69 bits per heavy atom. The van der Waals surface area contributed by atoms with Crippen molar-refractivity contribution in [3.8, 4) is 0 Å². The van der Waals surface area contributed by atoms with Crippen molar-refractivity contribution >= 4 is 50.0 Å². The van der Waals surface area contributed by atoms with Crippen LogP contribution in [0.2, 0.25) is 0 Å². The zero-order valence-electron chi connectivity index (χ0n) is 21.4. The number of hydrogen-bond acceptors (Lipinski definition) is 8. The third kappa shape index (κ3) is 4.97. The lowest BCUT2D eigenvalue weighted by Gasteiger charge is -2.30. The number of ether oxygens (including phenoxy) is 2. The Balaban J connectivity index is 1.38. The fourth-order valence-electron chi connectivity index (χ4n) is 4.92. The van der Waals surface area contributed by atoms with E-state index in [-0.39, 0.29) is 22.6 Å². The Bertz CT molecular complexity index is 1550. The zero-order valence-corrected chi connectivity index (χ0v) is 23.1. The first-order valence-corrected chi connectivity index (χ1v) is 14.6. The second-order valence-corrected chi connectivity index (χ2v) is 12.1. The number of para-hydroxylation sites is 1. The molecule has 3 heterocycles. The number of amides is 2. The van der Waals surface area contributed by atoms with Crippen LogP contribution in [0.15, 0.2) is 53.4 Å². The maximum absolute atomic E-state index is 13.4. The molecule has 1 N–H and O–H groups in total. The summed E-state index contributed by atoms with van der Waals surface area (Å²) in [5, 5.41) is 3.09. The van der Waals surface area contributed by atoms with Gasteiger partial charge in [0.05, 0.1) is 36.9 Å². The fourth-order valence-corrected chi connectivity index (χ4v) is 7.71. The molecule has 204 valence electrons. The molecule has 0 atom stereocenters. The summed E-state index contributed by atoms with van der Waals surface area (Å²) in [5.41, 5.74) is 2.88. The molecule has 2 aliphatic rings. The summed E-state index contributed by atoms with van der Waals surface area (Å²) >= 11 is 1.20. The molecule has 1 aromatic heterocycles. The first-order chi connectivity index (χ1) is 18.7. The Morgan fingerprint density at radius 3 is 2.41 bits per heavy atom. The zero-order chi connectivity index (χ0) is 27.7. The van der Waals surface area contributed by atoms with E-state index in [1.54, 1.807) is 6.07 Å². The van der Waals surface area contributed by atoms with E-state index in [2.05, 4.69) is 5.32 Å². The molecule has 0 radical (unpaired) electrons. The molecular weight excluding hydrogens is 542 g/mol. The molecule has 0 saturated heterocycles. The Kier molecular flexibility index (Phi) is 7.32. The third-order valence-electron chi connectivity index (χ3n) is 6.88. The molecule has 5 rings (SSSR count). The van der Waals surface area contributed by atoms with Gasteiger partial charge in [0.15, 0.2) is 0 Å². The molecule has 0 bridgehead atoms. The number of esters is 1. The van der Waals surface area contributed by atoms with Crippen LogP contribution in [-0.2, 0) is 38.9 Å². The number of fused-ring (bicyclic) bond motifs is 2. The summed E-state index contributed by atoms with van der Waals surface area (Å²) in [6.45, 7) is 0.998. The smallest absolute Gasteiger partial charge is 0.409 e. The quantitative estimate of drug-likeness (QED) is 0.460. The van der Waals surface area contributed by atoms with Crippen LogP contribution in [0.5, 0.6) is 0 Å². The minimum absolute atomic E-state index is 0.0838. The summed E-state index contributed by atoms with van der Waals surface area (Å²) in [4.78, 5) is 40.1. The van der Waals surface area contributed by atoms with Crippen molar-refractivity contribution < 1.29 is 32.3 Å². The van der Waals surface area contributed by atoms with Crippen molar-refractivity contribution in [2.75, 3.05) is 36.9 Å². The van der Waals surface area contributed by atoms with Crippen LogP contribution in [0.4, 0.5) is 15.5 Å². The molecule has 2 aliphatic heterocycles. The average Bonchev–Trinajstić information content (AvgIpc) is 3.32. The number of carbonyl (C=O) groups is 3. The van der Waals surface area contributed by atoms with Crippen molar-refractivity contribution in [3.63, 3.8) is 0 Å². The van der Waals surface area contributed by atoms with Gasteiger partial charge < -0.3 is 19.7 Å². The van der Waals surface area contributed by atoms with Gasteiger partial charge in [0.1, 0.15) is 5.00 Å². The monoisotopic (exact) mass is 569 g/mol. The average molecular weight is 570 g/mol. The highest BCUT2D eigenvalue weighted by atomic mass is 32.2. The molecule has 2 aromatic carbocycles. The van der Waals surface area contributed by atoms with Gasteiger partial charge in [-0.05, 0) is 60.7 Å². The maximum Gasteiger partial charge on any atom is 0.409 e. The van der Waals surface area contributed by atoms with Crippen molar-refractivity contribution in [2.45, 2.75) is 30.7 Å². The normalized spacial score (nSPS) is 14.7. The number of nitrogens with one attached hydrogen (secondary N) is 1. The van der Waals surface area contributed by atoms with E-state index in [0.717, 1.165) is 28.8 Å². The van der Waals surface area contributed by atoms with E-state index in [0.29, 0.717) is 30.2 Å². The molecule has 2 amide bonds. The fraction of sp³-hybridized carbons (Fsp3) is 0.296. The van der Waals surface area contributed by atoms with Gasteiger partial charge in [0.2, 0.25) is 0 Å². The van der Waals surface area contributed by atoms with Gasteiger partial charge >= 0.3 is 12.1 Å². The molecule has 0 saturated carbocycles. The van der Waals surface area contributed by atoms with E-state index in [4.69, 9.17) is 9.47 Å². The van der Waals surface area contributed by atoms with Gasteiger partial charge in [-0.15, -0.1) is 11.3 Å². The topological polar surface area (TPSA) is 122 Å². The highest BCUT2D eigenvalue weighted by Gasteiger charge is 2.32. The minimum Gasteiger partial charge on any atom is -0.465 e. The number of carbonyl (C=O) groups excluding carboxylic acids is 3. The summed E-state index contributed by atoms with van der Waals surface area (Å²) < 4.78 is 38.0. The lowest BCUT2D eigenvalue weighted by Crippen LogP contribution is -2.35. The van der Waals surface area contributed by atoms with Gasteiger partial charge in [-0.25, -0.2) is 18.0 Å². The SMILES string of the molecule is COC(=O)c1c(NC(=O)c2ccc(S(=O)(=O)N3CCCc4ccccc43)cc2)sc2c1CCN(C(=O)OC)C2. The van der Waals surface area contributed by atoms with Crippen molar-refractivity contribution in [3.05, 3.63) is 75.7 Å². The molecule has 3 aromatic rings. The van der Waals surface area contributed by atoms with E-state index >= 15 is 0 Å². The number of thiophene rings is 1. The summed E-state index contributed by atoms with van der Waals surface area (Å²) in [7, 11) is -1.24. The van der Waals surface area contributed by atoms with Gasteiger partial charge in [-0.2, -0.15) is 0 Å². The number of benzene rings is 2. The number of anilines is 2. The van der Waals surface area contributed by atoms with Crippen LogP contribution in [0.1, 0.15) is 43.1 Å². The molecule has 0 aliphatic carbocycles. The van der Waals surface area contributed by atoms with Gasteiger partial charge in [-0.3, -0.25) is 9.10 Å². The molecule has 10 nitrogen and oxygen atoms in total. The first-order valence-electron chi connectivity index (χ1n) is 12.3. The van der Waals surface area contributed by atoms with Crippen LogP contribution in [0.3, 0.4) is 0 Å². The number of hydrogen-bond donors (Lipinski definition) is 1. The molecule has 39 heavy (non-hydrogen) atoms. The Labute approximate surface area is 230 Å². The number of aryl methyl sites for hydroxylation is 1. The van der Waals surface area contributed by atoms with Crippen LogP contribution in [0, 0.1) is 0 Å². The van der Waals surface area contributed by atoms with Crippen LogP contribution < -0.4 is 9.62 Å². The number of sulfonamides is 1. The number of methoxy groups -OCH3 is 2. The summed E-state index contributed by atoms with van der Waals surface area (Å²) in [6, 6.07) is 13.2. The molecule has 0 unspecified atom stereocenters. The minimum atomic E-state index is -3.81. The number of rotatable bonds is 5. The van der Waals surface area contributed by atoms with E-state index in [1.807, 2.05) is 18.2 Å². The van der Waals surface area contributed by atoms with Gasteiger partial charge in [0.25, 0.3) is 15.9 Å². The maximum atomic E-state index is 13.4. The third-order valence-corrected chi connectivity index (χ3v) is 9.84. The Morgan fingerprint density at radius 1 is 0.949 bits per heavy atom. The predicted octanol–water partition coefficient (Wildman–Crippen LogP) is 4.05. The lowest BCUT2D eigenvalue weighted by atomic mass is 10.0. The molecule has 0 spiro atoms. The van der Waals surface area contributed by atoms with Crippen LogP contribution in [0.25, 0.3) is 0 Å². The standard InChI is InChI=1S/C27H27N3O7S2/c1-36-26(32)23-20-13-15-29(27(33)37-2)16-22(20)38-25(23)28-24(31)18-9-11-19(12-10-18)39(34,35)30-14-5-7-17-6-3-4-8-21(17)30/h3-4,6,8-12H,5,7,13-16H2,1-2H3,(H,28,31).